The van der Waals surface area contributed by atoms with Crippen LogP contribution < -0.4 is 0 Å². The summed E-state index contributed by atoms with van der Waals surface area (Å²) < 4.78 is 0. The molecule has 54 valence electrons. The third kappa shape index (κ3) is 1.64. The SMILES string of the molecule is CC(C)C1CSCC1C. The lowest BCUT2D eigenvalue weighted by Crippen LogP contribution is -2.14. The molecule has 0 saturated carbocycles. The number of hydrogen-bond acceptors (Lipinski definition) is 1. The van der Waals surface area contributed by atoms with Gasteiger partial charge in [-0.05, 0) is 29.3 Å². The van der Waals surface area contributed by atoms with Crippen molar-refractivity contribution in [3.8, 4) is 0 Å². The molecule has 0 spiro atoms. The number of hydrogen-bond donors (Lipinski definition) is 0. The summed E-state index contributed by atoms with van der Waals surface area (Å²) >= 11 is 2.12. The van der Waals surface area contributed by atoms with Crippen LogP contribution in [0, 0.1) is 17.8 Å². The molecule has 1 fully saturated rings. The van der Waals surface area contributed by atoms with Gasteiger partial charge in [0.05, 0.1) is 0 Å². The van der Waals surface area contributed by atoms with Crippen LogP contribution in [0.4, 0.5) is 0 Å². The van der Waals surface area contributed by atoms with E-state index in [9.17, 15) is 0 Å². The van der Waals surface area contributed by atoms with Crippen molar-refractivity contribution < 1.29 is 0 Å². The molecule has 1 saturated heterocycles. The van der Waals surface area contributed by atoms with E-state index in [1.807, 2.05) is 0 Å². The summed E-state index contributed by atoms with van der Waals surface area (Å²) in [4.78, 5) is 0. The fraction of sp³-hybridized carbons (Fsp3) is 1.00. The molecule has 0 amide bonds. The first kappa shape index (κ1) is 7.46. The lowest BCUT2D eigenvalue weighted by Gasteiger charge is -2.17. The topological polar surface area (TPSA) is 0 Å². The number of rotatable bonds is 1. The van der Waals surface area contributed by atoms with Gasteiger partial charge in [0, 0.05) is 0 Å². The van der Waals surface area contributed by atoms with Crippen LogP contribution in [-0.4, -0.2) is 11.5 Å². The van der Waals surface area contributed by atoms with Gasteiger partial charge in [-0.1, -0.05) is 20.8 Å². The normalized spacial score (nSPS) is 36.0. The second-order valence-electron chi connectivity index (χ2n) is 3.42. The van der Waals surface area contributed by atoms with Crippen LogP contribution in [0.2, 0.25) is 0 Å². The van der Waals surface area contributed by atoms with Gasteiger partial charge in [-0.25, -0.2) is 0 Å². The molecule has 1 rings (SSSR count). The molecular weight excluding hydrogens is 128 g/mol. The van der Waals surface area contributed by atoms with Gasteiger partial charge in [0.25, 0.3) is 0 Å². The minimum Gasteiger partial charge on any atom is -0.161 e. The van der Waals surface area contributed by atoms with Gasteiger partial charge in [0.15, 0.2) is 0 Å². The summed E-state index contributed by atoms with van der Waals surface area (Å²) in [6.45, 7) is 7.06. The van der Waals surface area contributed by atoms with Crippen LogP contribution in [0.5, 0.6) is 0 Å². The summed E-state index contributed by atoms with van der Waals surface area (Å²) in [6, 6.07) is 0. The summed E-state index contributed by atoms with van der Waals surface area (Å²) in [5.41, 5.74) is 0. The Morgan fingerprint density at radius 1 is 1.33 bits per heavy atom. The Kier molecular flexibility index (Phi) is 2.45. The quantitative estimate of drug-likeness (QED) is 0.545. The molecule has 1 aliphatic rings. The summed E-state index contributed by atoms with van der Waals surface area (Å²) in [5.74, 6) is 5.65. The van der Waals surface area contributed by atoms with Gasteiger partial charge in [-0.3, -0.25) is 0 Å². The van der Waals surface area contributed by atoms with E-state index in [0.717, 1.165) is 17.8 Å². The minimum absolute atomic E-state index is 0.898. The maximum absolute atomic E-state index is 2.38. The molecule has 0 aromatic heterocycles. The van der Waals surface area contributed by atoms with Crippen molar-refractivity contribution in [3.63, 3.8) is 0 Å². The molecule has 0 aromatic carbocycles. The standard InChI is InChI=1S/C8H16S/c1-6(2)8-5-9-4-7(8)3/h6-8H,4-5H2,1-3H3. The van der Waals surface area contributed by atoms with Crippen LogP contribution in [0.3, 0.4) is 0 Å². The zero-order valence-corrected chi connectivity index (χ0v) is 7.37. The van der Waals surface area contributed by atoms with E-state index in [2.05, 4.69) is 32.5 Å². The monoisotopic (exact) mass is 144 g/mol. The highest BCUT2D eigenvalue weighted by Gasteiger charge is 2.25. The molecule has 0 nitrogen and oxygen atoms in total. The first-order valence-corrected chi connectivity index (χ1v) is 4.95. The average Bonchev–Trinajstić information content (AvgIpc) is 2.13. The molecule has 0 bridgehead atoms. The van der Waals surface area contributed by atoms with Gasteiger partial charge in [-0.15, -0.1) is 0 Å². The Morgan fingerprint density at radius 3 is 2.22 bits per heavy atom. The Bertz CT molecular complexity index is 88.6. The molecule has 2 atom stereocenters. The highest BCUT2D eigenvalue weighted by Crippen LogP contribution is 2.34. The summed E-state index contributed by atoms with van der Waals surface area (Å²) in [7, 11) is 0. The van der Waals surface area contributed by atoms with Crippen LogP contribution in [0.1, 0.15) is 20.8 Å². The van der Waals surface area contributed by atoms with Crippen LogP contribution in [0.15, 0.2) is 0 Å². The van der Waals surface area contributed by atoms with E-state index in [1.54, 1.807) is 0 Å². The zero-order chi connectivity index (χ0) is 6.85. The number of thioether (sulfide) groups is 1. The molecule has 1 aliphatic heterocycles. The predicted octanol–water partition coefficient (Wildman–Crippen LogP) is 2.64. The van der Waals surface area contributed by atoms with Gasteiger partial charge in [0.2, 0.25) is 0 Å². The molecule has 2 unspecified atom stereocenters. The highest BCUT2D eigenvalue weighted by atomic mass is 32.2. The second-order valence-corrected chi connectivity index (χ2v) is 4.50. The van der Waals surface area contributed by atoms with E-state index < -0.39 is 0 Å². The maximum Gasteiger partial charge on any atom is -0.00337 e. The van der Waals surface area contributed by atoms with Gasteiger partial charge in [0.1, 0.15) is 0 Å². The summed E-state index contributed by atoms with van der Waals surface area (Å²) in [6.07, 6.45) is 0. The highest BCUT2D eigenvalue weighted by molar-refractivity contribution is 7.99. The Hall–Kier alpha value is 0.350. The van der Waals surface area contributed by atoms with Crippen molar-refractivity contribution in [2.45, 2.75) is 20.8 Å². The lowest BCUT2D eigenvalue weighted by atomic mass is 9.88. The van der Waals surface area contributed by atoms with Crippen LogP contribution in [-0.2, 0) is 0 Å². The summed E-state index contributed by atoms with van der Waals surface area (Å²) in [5, 5.41) is 0. The van der Waals surface area contributed by atoms with E-state index in [-0.39, 0.29) is 0 Å². The zero-order valence-electron chi connectivity index (χ0n) is 6.55. The fourth-order valence-corrected chi connectivity index (χ4v) is 3.27. The van der Waals surface area contributed by atoms with Crippen molar-refractivity contribution in [2.75, 3.05) is 11.5 Å². The van der Waals surface area contributed by atoms with E-state index in [0.29, 0.717) is 0 Å². The molecule has 1 heteroatoms. The van der Waals surface area contributed by atoms with Crippen molar-refractivity contribution in [1.82, 2.24) is 0 Å². The largest absolute Gasteiger partial charge is 0.161 e. The molecule has 0 radical (unpaired) electrons. The van der Waals surface area contributed by atoms with Crippen LogP contribution >= 0.6 is 11.8 Å². The lowest BCUT2D eigenvalue weighted by molar-refractivity contribution is 0.341. The fourth-order valence-electron chi connectivity index (χ4n) is 1.53. The Morgan fingerprint density at radius 2 is 2.00 bits per heavy atom. The van der Waals surface area contributed by atoms with Crippen molar-refractivity contribution in [3.05, 3.63) is 0 Å². The minimum atomic E-state index is 0.898. The Balaban J connectivity index is 2.40. The maximum atomic E-state index is 2.38. The first-order chi connectivity index (χ1) is 4.22. The van der Waals surface area contributed by atoms with Crippen LogP contribution in [0.25, 0.3) is 0 Å². The van der Waals surface area contributed by atoms with Crippen molar-refractivity contribution in [2.24, 2.45) is 17.8 Å². The van der Waals surface area contributed by atoms with Crippen molar-refractivity contribution >= 4 is 11.8 Å². The second kappa shape index (κ2) is 2.96. The van der Waals surface area contributed by atoms with Crippen molar-refractivity contribution in [1.29, 1.82) is 0 Å². The first-order valence-electron chi connectivity index (χ1n) is 3.79. The molecule has 0 aromatic rings. The molecular formula is C8H16S. The van der Waals surface area contributed by atoms with Gasteiger partial charge >= 0.3 is 0 Å². The van der Waals surface area contributed by atoms with Gasteiger partial charge < -0.3 is 0 Å². The Labute approximate surface area is 62.4 Å². The third-order valence-electron chi connectivity index (χ3n) is 2.28. The van der Waals surface area contributed by atoms with E-state index in [4.69, 9.17) is 0 Å². The van der Waals surface area contributed by atoms with E-state index in [1.165, 1.54) is 11.5 Å². The smallest absolute Gasteiger partial charge is 0.00337 e. The molecule has 0 aliphatic carbocycles. The third-order valence-corrected chi connectivity index (χ3v) is 3.66. The van der Waals surface area contributed by atoms with Gasteiger partial charge in [-0.2, -0.15) is 11.8 Å². The molecule has 9 heavy (non-hydrogen) atoms. The molecule has 1 heterocycles. The molecule has 0 N–H and O–H groups in total. The predicted molar refractivity (Wildman–Crippen MR) is 44.8 cm³/mol. The van der Waals surface area contributed by atoms with E-state index >= 15 is 0 Å². The average molecular weight is 144 g/mol.